The number of carbonyl (C=O) groups excluding carboxylic acids is 10. The van der Waals surface area contributed by atoms with E-state index in [4.69, 9.17) is 32.2 Å². The second kappa shape index (κ2) is 24.2. The fraction of sp³-hybridized carbons (Fsp3) is 0.227. The Morgan fingerprint density at radius 3 is 1.19 bits per heavy atom. The first-order valence-corrected chi connectivity index (χ1v) is 30.3. The molecule has 3 aromatic carbocycles. The predicted octanol–water partition coefficient (Wildman–Crippen LogP) is 6.55. The SMILES string of the molecule is C=C(OCC)c1cnc2oc([C@]3(CN4Cc5ccc(OC)cc5C4=O)NC(=O)NC3=O)cc2c1.COc1ccc2c(c1)C(=O)N(C[C@@]1(c3cc4cc(Br)cnc4o3)NC(=O)NC1=O)C2.COc1ccc2c(c1)C(=O)N(C[C@@]1(c3cc4cc(C(C)=O)cnc4o3)NC(=O)NC1=O)C2. The van der Waals surface area contributed by atoms with Crippen LogP contribution in [0.25, 0.3) is 39.1 Å². The lowest BCUT2D eigenvalue weighted by Gasteiger charge is -2.28. The Morgan fingerprint density at radius 2 is 0.854 bits per heavy atom. The normalized spacial score (nSPS) is 19.8. The van der Waals surface area contributed by atoms with Gasteiger partial charge in [-0.2, -0.15) is 0 Å². The van der Waals surface area contributed by atoms with E-state index in [0.717, 1.165) is 21.2 Å². The van der Waals surface area contributed by atoms with Gasteiger partial charge in [0, 0.05) is 86.7 Å². The maximum absolute atomic E-state index is 13.1. The largest absolute Gasteiger partial charge is 0.497 e. The molecule has 96 heavy (non-hydrogen) atoms. The summed E-state index contributed by atoms with van der Waals surface area (Å²) in [6.45, 7) is 8.08. The summed E-state index contributed by atoms with van der Waals surface area (Å²) in [5, 5.41) is 16.4. The number of ketones is 1. The predicted molar refractivity (Wildman–Crippen MR) is 339 cm³/mol. The van der Waals surface area contributed by atoms with Crippen LogP contribution in [-0.2, 0) is 55.4 Å². The third kappa shape index (κ3) is 11.0. The number of halogens is 1. The lowest BCUT2D eigenvalue weighted by atomic mass is 9.95. The van der Waals surface area contributed by atoms with Crippen molar-refractivity contribution in [3.8, 4) is 17.2 Å². The zero-order chi connectivity index (χ0) is 67.7. The Hall–Kier alpha value is -12.0. The molecule has 0 spiro atoms. The molecule has 30 heteroatoms. The van der Waals surface area contributed by atoms with Crippen LogP contribution in [0.3, 0.4) is 0 Å². The third-order valence-electron chi connectivity index (χ3n) is 17.1. The summed E-state index contributed by atoms with van der Waals surface area (Å²) in [4.78, 5) is 143. The van der Waals surface area contributed by atoms with E-state index in [2.05, 4.69) is 69.4 Å². The van der Waals surface area contributed by atoms with Crippen molar-refractivity contribution in [1.29, 1.82) is 0 Å². The number of methoxy groups -OCH3 is 3. The van der Waals surface area contributed by atoms with Gasteiger partial charge in [0.05, 0.1) is 47.6 Å². The molecule has 0 aliphatic carbocycles. The van der Waals surface area contributed by atoms with Crippen LogP contribution in [0.4, 0.5) is 14.4 Å². The van der Waals surface area contributed by atoms with Crippen LogP contribution in [0.5, 0.6) is 17.2 Å². The number of hydrogen-bond donors (Lipinski definition) is 6. The lowest BCUT2D eigenvalue weighted by Crippen LogP contribution is -2.52. The fourth-order valence-corrected chi connectivity index (χ4v) is 12.6. The molecule has 15 rings (SSSR count). The molecule has 6 aromatic heterocycles. The Bertz CT molecular complexity index is 4890. The summed E-state index contributed by atoms with van der Waals surface area (Å²) >= 11 is 3.35. The van der Waals surface area contributed by atoms with E-state index in [-0.39, 0.29) is 84.9 Å². The van der Waals surface area contributed by atoms with Gasteiger partial charge >= 0.3 is 18.1 Å². The molecule has 12 heterocycles. The highest BCUT2D eigenvalue weighted by Crippen LogP contribution is 2.39. The first kappa shape index (κ1) is 62.8. The molecule has 0 unspecified atom stereocenters. The summed E-state index contributed by atoms with van der Waals surface area (Å²) < 4.78 is 39.4. The van der Waals surface area contributed by atoms with Gasteiger partial charge in [0.15, 0.2) is 22.4 Å². The minimum Gasteiger partial charge on any atom is -0.497 e. The standard InChI is InChI=1S/C24H22N4O6.C22H18N4O6.C20H15BrN4O5/c1-4-33-13(2)16-7-15-8-19(34-20(15)25-10-16)24(22(30)26-23(31)27-24)12-28-11-14-5-6-17(32-3)9-18(14)21(28)29;1-11(27)14-5-13-6-17(32-18(13)23-8-14)22(20(29)24-21(30)25-22)10-26-9-12-3-4-15(31-2)7-16(12)19(26)28;1-29-13-3-2-10-8-25(17(26)14(10)6-13)9-20(18(27)23-19(28)24-20)15-5-11-4-12(21)7-22-16(11)30-15/h5-10H,2,4,11-12H2,1,3H3,(H2,26,27,30,31);3-8H,9-10H2,1-2H3,(H2,24,25,29,30);2-7H,8-9H2,1H3,(H2,23,24,27,28)/t24-;22-;20-/m000/s1. The molecule has 29 nitrogen and oxygen atoms in total. The van der Waals surface area contributed by atoms with Gasteiger partial charge in [0.2, 0.25) is 17.1 Å². The number of imide groups is 3. The molecule has 6 N–H and O–H groups in total. The zero-order valence-corrected chi connectivity index (χ0v) is 53.1. The first-order valence-electron chi connectivity index (χ1n) is 29.5. The average molecular weight is 1370 g/mol. The number of fused-ring (bicyclic) bond motifs is 6. The van der Waals surface area contributed by atoms with Gasteiger partial charge in [-0.15, -0.1) is 0 Å². The topological polar surface area (TPSA) is 368 Å². The molecule has 9 aromatic rings. The summed E-state index contributed by atoms with van der Waals surface area (Å²) in [6.07, 6.45) is 4.51. The number of hydrogen-bond acceptors (Lipinski definition) is 20. The number of Topliss-reactive ketones (excluding diaryl/α,β-unsaturated/α-hetero) is 1. The molecule has 0 bridgehead atoms. The molecule has 3 fully saturated rings. The van der Waals surface area contributed by atoms with Crippen LogP contribution in [0, 0.1) is 0 Å². The molecule has 0 radical (unpaired) electrons. The van der Waals surface area contributed by atoms with Crippen molar-refractivity contribution in [2.45, 2.75) is 50.1 Å². The Labute approximate surface area is 550 Å². The quantitative estimate of drug-likeness (QED) is 0.0339. The highest BCUT2D eigenvalue weighted by atomic mass is 79.9. The second-order valence-electron chi connectivity index (χ2n) is 23.0. The van der Waals surface area contributed by atoms with E-state index < -0.39 is 52.4 Å². The number of furan rings is 3. The molecule has 3 atom stereocenters. The maximum atomic E-state index is 13.1. The fourth-order valence-electron chi connectivity index (χ4n) is 12.2. The van der Waals surface area contributed by atoms with Crippen LogP contribution in [-0.4, -0.2) is 137 Å². The third-order valence-corrected chi connectivity index (χ3v) is 17.5. The minimum atomic E-state index is -1.64. The van der Waals surface area contributed by atoms with E-state index >= 15 is 0 Å². The Kier molecular flexibility index (Phi) is 15.8. The molecule has 6 aliphatic rings. The lowest BCUT2D eigenvalue weighted by molar-refractivity contribution is -0.126. The smallest absolute Gasteiger partial charge is 0.322 e. The number of benzene rings is 3. The van der Waals surface area contributed by atoms with E-state index in [9.17, 15) is 47.9 Å². The Morgan fingerprint density at radius 1 is 0.510 bits per heavy atom. The highest BCUT2D eigenvalue weighted by molar-refractivity contribution is 9.10. The molecule has 488 valence electrons. The van der Waals surface area contributed by atoms with Gasteiger partial charge in [-0.1, -0.05) is 24.8 Å². The van der Waals surface area contributed by atoms with Gasteiger partial charge in [-0.25, -0.2) is 29.3 Å². The number of nitrogens with zero attached hydrogens (tertiary/aromatic N) is 6. The van der Waals surface area contributed by atoms with E-state index in [0.29, 0.717) is 85.8 Å². The van der Waals surface area contributed by atoms with Crippen LogP contribution < -0.4 is 46.1 Å². The maximum Gasteiger partial charge on any atom is 0.322 e. The van der Waals surface area contributed by atoms with E-state index in [1.54, 1.807) is 91.3 Å². The van der Waals surface area contributed by atoms with Crippen molar-refractivity contribution >= 4 is 114 Å². The summed E-state index contributed by atoms with van der Waals surface area (Å²) in [6, 6.07) is 23.7. The van der Waals surface area contributed by atoms with Crippen molar-refractivity contribution in [3.05, 3.63) is 182 Å². The monoisotopic (exact) mass is 1370 g/mol. The van der Waals surface area contributed by atoms with Crippen LogP contribution in [0.2, 0.25) is 0 Å². The summed E-state index contributed by atoms with van der Waals surface area (Å²) in [5.74, 6) is -0.221. The van der Waals surface area contributed by atoms with Crippen LogP contribution in [0.15, 0.2) is 134 Å². The number of aromatic nitrogens is 3. The summed E-state index contributed by atoms with van der Waals surface area (Å²) in [7, 11) is 4.57. The first-order chi connectivity index (χ1) is 46.0. The van der Waals surface area contributed by atoms with Gasteiger partial charge < -0.3 is 62.8 Å². The number of pyridine rings is 3. The number of carbonyl (C=O) groups is 10. The number of rotatable bonds is 16. The van der Waals surface area contributed by atoms with Gasteiger partial charge in [0.25, 0.3) is 35.4 Å². The van der Waals surface area contributed by atoms with Gasteiger partial charge in [0.1, 0.15) is 40.3 Å². The van der Waals surface area contributed by atoms with E-state index in [1.165, 1.54) is 49.1 Å². The molecular weight excluding hydrogens is 1310 g/mol. The zero-order valence-electron chi connectivity index (χ0n) is 51.6. The van der Waals surface area contributed by atoms with Gasteiger partial charge in [-0.3, -0.25) is 49.5 Å². The number of urea groups is 3. The number of amides is 12. The van der Waals surface area contributed by atoms with Crippen LogP contribution >= 0.6 is 15.9 Å². The van der Waals surface area contributed by atoms with Crippen molar-refractivity contribution in [3.63, 3.8) is 0 Å². The van der Waals surface area contributed by atoms with E-state index in [1.807, 2.05) is 19.1 Å². The van der Waals surface area contributed by atoms with Crippen molar-refractivity contribution in [2.24, 2.45) is 0 Å². The van der Waals surface area contributed by atoms with Crippen LogP contribution in [0.1, 0.15) is 94.8 Å². The minimum absolute atomic E-state index is 0.0958. The Balaban J connectivity index is 0.000000130. The van der Waals surface area contributed by atoms with Gasteiger partial charge in [-0.05, 0) is 119 Å². The number of ether oxygens (including phenoxy) is 4. The second-order valence-corrected chi connectivity index (χ2v) is 23.9. The molecule has 0 saturated carbocycles. The molecule has 3 saturated heterocycles. The highest BCUT2D eigenvalue weighted by Gasteiger charge is 2.56. The molecule has 12 amide bonds. The summed E-state index contributed by atoms with van der Waals surface area (Å²) in [5.41, 5.74) is 0.903. The number of nitrogens with one attached hydrogen (secondary N) is 6. The van der Waals surface area contributed by atoms with Crippen molar-refractivity contribution in [2.75, 3.05) is 47.6 Å². The van der Waals surface area contributed by atoms with Crippen molar-refractivity contribution in [1.82, 2.24) is 61.6 Å². The average Bonchev–Trinajstić information content (AvgIpc) is 1.60. The molecular formula is C66H55BrN12O17. The van der Waals surface area contributed by atoms with Crippen molar-refractivity contribution < 1.29 is 80.1 Å². The molecule has 6 aliphatic heterocycles.